The fourth-order valence-corrected chi connectivity index (χ4v) is 5.80. The van der Waals surface area contributed by atoms with Gasteiger partial charge in [0.25, 0.3) is 5.91 Å². The first-order valence-corrected chi connectivity index (χ1v) is 13.8. The number of amides is 2. The first kappa shape index (κ1) is 27.4. The van der Waals surface area contributed by atoms with E-state index in [-0.39, 0.29) is 24.0 Å². The molecule has 0 saturated carbocycles. The highest BCUT2D eigenvalue weighted by atomic mass is 35.5. The molecule has 2 fully saturated rings. The normalized spacial score (nSPS) is 21.8. The van der Waals surface area contributed by atoms with Crippen LogP contribution in [0.4, 0.5) is 11.4 Å². The average molecular weight is 554 g/mol. The molecule has 1 aromatic carbocycles. The summed E-state index contributed by atoms with van der Waals surface area (Å²) >= 11 is 6.71. The van der Waals surface area contributed by atoms with Crippen LogP contribution in [0, 0.1) is 6.92 Å². The van der Waals surface area contributed by atoms with Gasteiger partial charge in [-0.3, -0.25) is 19.5 Å². The number of aryl methyl sites for hydroxylation is 1. The van der Waals surface area contributed by atoms with Crippen molar-refractivity contribution < 1.29 is 14.3 Å². The van der Waals surface area contributed by atoms with Gasteiger partial charge in [-0.1, -0.05) is 23.7 Å². The van der Waals surface area contributed by atoms with E-state index in [4.69, 9.17) is 22.2 Å². The Labute approximate surface area is 234 Å². The maximum absolute atomic E-state index is 13.4. The van der Waals surface area contributed by atoms with E-state index in [1.165, 1.54) is 5.01 Å². The minimum atomic E-state index is -0.670. The van der Waals surface area contributed by atoms with E-state index in [1.807, 2.05) is 36.1 Å². The number of para-hydroxylation sites is 1. The van der Waals surface area contributed by atoms with Crippen molar-refractivity contribution in [3.8, 4) is 0 Å². The number of anilines is 2. The van der Waals surface area contributed by atoms with Gasteiger partial charge in [0.2, 0.25) is 5.91 Å². The first-order chi connectivity index (χ1) is 18.9. The van der Waals surface area contributed by atoms with Crippen molar-refractivity contribution in [1.82, 2.24) is 19.8 Å². The Hall–Kier alpha value is -3.18. The molecule has 10 nitrogen and oxygen atoms in total. The third kappa shape index (κ3) is 5.89. The van der Waals surface area contributed by atoms with Crippen molar-refractivity contribution in [2.75, 3.05) is 50.1 Å². The average Bonchev–Trinajstić information content (AvgIpc) is 3.13. The van der Waals surface area contributed by atoms with E-state index >= 15 is 0 Å². The lowest BCUT2D eigenvalue weighted by atomic mass is 10.1. The predicted octanol–water partition coefficient (Wildman–Crippen LogP) is 2.84. The minimum absolute atomic E-state index is 0.0123. The van der Waals surface area contributed by atoms with Crippen molar-refractivity contribution in [3.63, 3.8) is 0 Å². The van der Waals surface area contributed by atoms with E-state index in [2.05, 4.69) is 20.1 Å². The van der Waals surface area contributed by atoms with Gasteiger partial charge in [-0.05, 0) is 50.5 Å². The lowest BCUT2D eigenvalue weighted by molar-refractivity contribution is -0.126. The highest BCUT2D eigenvalue weighted by molar-refractivity contribution is 6.34. The van der Waals surface area contributed by atoms with Gasteiger partial charge in [0.1, 0.15) is 0 Å². The molecule has 0 aliphatic carbocycles. The second-order valence-electron chi connectivity index (χ2n) is 10.4. The summed E-state index contributed by atoms with van der Waals surface area (Å²) in [6.45, 7) is 5.51. The van der Waals surface area contributed by atoms with E-state index in [0.717, 1.165) is 56.0 Å². The molecule has 5 rings (SSSR count). The van der Waals surface area contributed by atoms with Crippen LogP contribution >= 0.6 is 11.6 Å². The number of benzene rings is 1. The van der Waals surface area contributed by atoms with Crippen molar-refractivity contribution in [1.29, 1.82) is 0 Å². The molecule has 2 amide bonds. The molecular formula is C28H36ClN7O3. The smallest absolute Gasteiger partial charge is 0.271 e. The fourth-order valence-electron chi connectivity index (χ4n) is 5.53. The standard InChI is InChI=1S/C28H36ClN7O3/c1-19-15-20(11-12-31-19)27(38)36(30)28-32-24-9-5-8-23(29)26(24)35(28)21-7-3-4-14-34(16-21)25(37)10-6-13-33-17-22(18-33)39-2/h5-6,8-12,15,21-22,28,32H,3-4,7,13-14,16-18,30H2,1-2H3/b10-6+/t21-,28?/m1/s1. The molecule has 1 unspecified atom stereocenters. The molecule has 0 spiro atoms. The Bertz CT molecular complexity index is 1240. The SMILES string of the molecule is COC1CN(C/C=C/C(=O)N2CCCC[C@@H](N3c4c(Cl)cccc4NC3N(N)C(=O)c3ccnc(C)c3)C2)C1. The summed E-state index contributed by atoms with van der Waals surface area (Å²) in [7, 11) is 1.73. The second kappa shape index (κ2) is 11.9. The second-order valence-corrected chi connectivity index (χ2v) is 10.8. The molecule has 3 aliphatic rings. The van der Waals surface area contributed by atoms with E-state index in [9.17, 15) is 9.59 Å². The van der Waals surface area contributed by atoms with Gasteiger partial charge >= 0.3 is 0 Å². The number of likely N-dealkylation sites (tertiary alicyclic amines) is 2. The summed E-state index contributed by atoms with van der Waals surface area (Å²) in [6, 6.07) is 8.90. The number of hydrogen-bond acceptors (Lipinski definition) is 8. The molecular weight excluding hydrogens is 518 g/mol. The number of hydrogen-bond donors (Lipinski definition) is 2. The first-order valence-electron chi connectivity index (χ1n) is 13.4. The summed E-state index contributed by atoms with van der Waals surface area (Å²) in [4.78, 5) is 37.0. The number of rotatable bonds is 7. The molecule has 3 aliphatic heterocycles. The van der Waals surface area contributed by atoms with Crippen molar-refractivity contribution >= 4 is 34.8 Å². The summed E-state index contributed by atoms with van der Waals surface area (Å²) in [5.41, 5.74) is 2.78. The van der Waals surface area contributed by atoms with Gasteiger partial charge in [0, 0.05) is 63.4 Å². The van der Waals surface area contributed by atoms with E-state index in [0.29, 0.717) is 23.7 Å². The number of methoxy groups -OCH3 is 1. The topological polar surface area (TPSA) is 107 Å². The minimum Gasteiger partial charge on any atom is -0.379 e. The van der Waals surface area contributed by atoms with E-state index in [1.54, 1.807) is 31.5 Å². The fraction of sp³-hybridized carbons (Fsp3) is 0.464. The molecule has 2 aromatic rings. The predicted molar refractivity (Wildman–Crippen MR) is 151 cm³/mol. The number of pyridine rings is 1. The van der Waals surface area contributed by atoms with Gasteiger partial charge < -0.3 is 19.9 Å². The van der Waals surface area contributed by atoms with Crippen molar-refractivity contribution in [3.05, 3.63) is 65.0 Å². The van der Waals surface area contributed by atoms with Crippen LogP contribution in [0.25, 0.3) is 0 Å². The maximum atomic E-state index is 13.4. The summed E-state index contributed by atoms with van der Waals surface area (Å²) in [5, 5.41) is 5.17. The molecule has 11 heteroatoms. The lowest BCUT2D eigenvalue weighted by Gasteiger charge is -2.39. The zero-order valence-electron chi connectivity index (χ0n) is 22.4. The number of carbonyl (C=O) groups excluding carboxylic acids is 2. The number of hydrazine groups is 1. The highest BCUT2D eigenvalue weighted by Gasteiger charge is 2.41. The van der Waals surface area contributed by atoms with Crippen LogP contribution in [0.2, 0.25) is 5.02 Å². The van der Waals surface area contributed by atoms with Crippen molar-refractivity contribution in [2.45, 2.75) is 44.6 Å². The van der Waals surface area contributed by atoms with Gasteiger partial charge in [0.15, 0.2) is 6.29 Å². The Morgan fingerprint density at radius 1 is 1.26 bits per heavy atom. The number of halogens is 1. The van der Waals surface area contributed by atoms with Crippen LogP contribution in [-0.2, 0) is 9.53 Å². The number of nitrogens with zero attached hydrogens (tertiary/aromatic N) is 5. The monoisotopic (exact) mass is 553 g/mol. The van der Waals surface area contributed by atoms with Gasteiger partial charge in [0.05, 0.1) is 28.5 Å². The number of ether oxygens (including phenoxy) is 1. The molecule has 2 atom stereocenters. The van der Waals surface area contributed by atoms with E-state index < -0.39 is 6.29 Å². The molecule has 2 saturated heterocycles. The summed E-state index contributed by atoms with van der Waals surface area (Å²) in [6.07, 6.45) is 7.49. The lowest BCUT2D eigenvalue weighted by Crippen LogP contribution is -2.60. The van der Waals surface area contributed by atoms with Gasteiger partial charge in [-0.2, -0.15) is 0 Å². The van der Waals surface area contributed by atoms with Crippen LogP contribution in [0.3, 0.4) is 0 Å². The highest BCUT2D eigenvalue weighted by Crippen LogP contribution is 2.43. The Balaban J connectivity index is 1.35. The number of nitrogens with one attached hydrogen (secondary N) is 1. The van der Waals surface area contributed by atoms with Crippen LogP contribution in [0.15, 0.2) is 48.7 Å². The molecule has 39 heavy (non-hydrogen) atoms. The van der Waals surface area contributed by atoms with Crippen LogP contribution in [0.5, 0.6) is 0 Å². The number of nitrogens with two attached hydrogens (primary N) is 1. The summed E-state index contributed by atoms with van der Waals surface area (Å²) < 4.78 is 5.32. The van der Waals surface area contributed by atoms with Gasteiger partial charge in [-0.15, -0.1) is 0 Å². The molecule has 208 valence electrons. The Morgan fingerprint density at radius 2 is 2.08 bits per heavy atom. The molecule has 0 radical (unpaired) electrons. The Kier molecular flexibility index (Phi) is 8.37. The molecule has 0 bridgehead atoms. The number of aromatic nitrogens is 1. The summed E-state index contributed by atoms with van der Waals surface area (Å²) in [5.74, 6) is 6.16. The Morgan fingerprint density at radius 3 is 2.85 bits per heavy atom. The maximum Gasteiger partial charge on any atom is 0.271 e. The number of fused-ring (bicyclic) bond motifs is 1. The van der Waals surface area contributed by atoms with Crippen LogP contribution in [0.1, 0.15) is 35.3 Å². The molecule has 1 aromatic heterocycles. The molecule has 3 N–H and O–H groups in total. The van der Waals surface area contributed by atoms with Gasteiger partial charge in [-0.25, -0.2) is 10.9 Å². The quantitative estimate of drug-likeness (QED) is 0.233. The third-order valence-electron chi connectivity index (χ3n) is 7.67. The third-order valence-corrected chi connectivity index (χ3v) is 7.97. The van der Waals surface area contributed by atoms with Crippen molar-refractivity contribution in [2.24, 2.45) is 5.84 Å². The van der Waals surface area contributed by atoms with Crippen LogP contribution in [-0.4, -0.2) is 89.9 Å². The zero-order valence-corrected chi connectivity index (χ0v) is 23.2. The molecule has 4 heterocycles. The van der Waals surface area contributed by atoms with Crippen LogP contribution < -0.4 is 16.1 Å². The number of carbonyl (C=O) groups is 2. The largest absolute Gasteiger partial charge is 0.379 e. The zero-order chi connectivity index (χ0) is 27.5.